The summed E-state index contributed by atoms with van der Waals surface area (Å²) in [4.78, 5) is 25.3. The zero-order chi connectivity index (χ0) is 17.1. The van der Waals surface area contributed by atoms with Crippen molar-refractivity contribution in [1.82, 2.24) is 0 Å². The number of benzene rings is 1. The number of fused-ring (bicyclic) bond motifs is 1. The van der Waals surface area contributed by atoms with E-state index in [1.165, 1.54) is 11.3 Å². The summed E-state index contributed by atoms with van der Waals surface area (Å²) in [5.41, 5.74) is 7.68. The minimum atomic E-state index is -0.508. The molecule has 1 aromatic heterocycles. The third-order valence-corrected chi connectivity index (χ3v) is 5.38. The Balaban J connectivity index is 1.78. The summed E-state index contributed by atoms with van der Waals surface area (Å²) >= 11 is 6.56. The summed E-state index contributed by atoms with van der Waals surface area (Å²) in [5.74, 6) is -0.957. The van der Waals surface area contributed by atoms with Gasteiger partial charge in [-0.3, -0.25) is 9.59 Å². The molecule has 2 aromatic rings. The predicted octanol–water partition coefficient (Wildman–Crippen LogP) is 3.10. The molecule has 2 amide bonds. The number of aryl methyl sites for hydroxylation is 1. The van der Waals surface area contributed by atoms with Gasteiger partial charge in [0.15, 0.2) is 4.99 Å². The number of primary amides is 1. The zero-order valence-electron chi connectivity index (χ0n) is 12.9. The summed E-state index contributed by atoms with van der Waals surface area (Å²) < 4.78 is 0. The molecule has 0 aliphatic heterocycles. The molecule has 24 heavy (non-hydrogen) atoms. The molecule has 4 N–H and O–H groups in total. The minimum absolute atomic E-state index is 0.0444. The maximum absolute atomic E-state index is 12.3. The van der Waals surface area contributed by atoms with E-state index in [0.717, 1.165) is 41.8 Å². The molecule has 0 fully saturated rings. The van der Waals surface area contributed by atoms with Crippen molar-refractivity contribution in [3.05, 3.63) is 46.3 Å². The van der Waals surface area contributed by atoms with E-state index in [1.807, 2.05) is 30.3 Å². The number of anilines is 2. The van der Waals surface area contributed by atoms with Gasteiger partial charge in [-0.2, -0.15) is 0 Å². The minimum Gasteiger partial charge on any atom is -0.365 e. The average molecular weight is 359 g/mol. The highest BCUT2D eigenvalue weighted by Gasteiger charge is 2.25. The summed E-state index contributed by atoms with van der Waals surface area (Å²) in [6.07, 6.45) is 3.87. The maximum Gasteiger partial charge on any atom is 0.284 e. The lowest BCUT2D eigenvalue weighted by Crippen LogP contribution is -2.28. The number of thiocarbonyl (C=S) groups is 1. The fourth-order valence-corrected chi connectivity index (χ4v) is 4.24. The van der Waals surface area contributed by atoms with Gasteiger partial charge in [-0.15, -0.1) is 11.3 Å². The van der Waals surface area contributed by atoms with Gasteiger partial charge in [-0.1, -0.05) is 30.4 Å². The van der Waals surface area contributed by atoms with Crippen molar-refractivity contribution in [2.45, 2.75) is 25.7 Å². The molecular weight excluding hydrogens is 342 g/mol. The molecule has 3 rings (SSSR count). The van der Waals surface area contributed by atoms with Crippen LogP contribution in [0.3, 0.4) is 0 Å². The number of para-hydroxylation sites is 1. The van der Waals surface area contributed by atoms with E-state index >= 15 is 0 Å². The number of hydrogen-bond acceptors (Lipinski definition) is 4. The van der Waals surface area contributed by atoms with Gasteiger partial charge in [0, 0.05) is 10.6 Å². The fraction of sp³-hybridized carbons (Fsp3) is 0.235. The topological polar surface area (TPSA) is 84.2 Å². The molecule has 124 valence electrons. The van der Waals surface area contributed by atoms with Gasteiger partial charge in [-0.25, -0.2) is 0 Å². The molecule has 0 unspecified atom stereocenters. The summed E-state index contributed by atoms with van der Waals surface area (Å²) in [6, 6.07) is 9.21. The van der Waals surface area contributed by atoms with Gasteiger partial charge in [0.2, 0.25) is 0 Å². The van der Waals surface area contributed by atoms with Crippen LogP contribution >= 0.6 is 23.6 Å². The number of rotatable bonds is 3. The average Bonchev–Trinajstić information content (AvgIpc) is 2.93. The van der Waals surface area contributed by atoms with Crippen LogP contribution in [0, 0.1) is 0 Å². The van der Waals surface area contributed by atoms with Crippen molar-refractivity contribution in [2.24, 2.45) is 5.73 Å². The molecule has 0 spiro atoms. The monoisotopic (exact) mass is 359 g/mol. The first kappa shape index (κ1) is 16.6. The third-order valence-electron chi connectivity index (χ3n) is 3.88. The molecule has 1 heterocycles. The summed E-state index contributed by atoms with van der Waals surface area (Å²) in [6.45, 7) is 0. The van der Waals surface area contributed by atoms with E-state index in [2.05, 4.69) is 10.6 Å². The number of hydrogen-bond donors (Lipinski definition) is 3. The first-order valence-corrected chi connectivity index (χ1v) is 8.90. The Kier molecular flexibility index (Phi) is 4.92. The second-order valence-corrected chi connectivity index (χ2v) is 7.07. The fourth-order valence-electron chi connectivity index (χ4n) is 2.78. The lowest BCUT2D eigenvalue weighted by Gasteiger charge is -2.11. The maximum atomic E-state index is 12.3. The SMILES string of the molecule is NC(=O)c1c(NC(=O)C(=S)Nc2ccccc2)sc2c1CCCC2. The predicted molar refractivity (Wildman–Crippen MR) is 101 cm³/mol. The van der Waals surface area contributed by atoms with Crippen LogP contribution < -0.4 is 16.4 Å². The third kappa shape index (κ3) is 3.47. The number of carbonyl (C=O) groups excluding carboxylic acids is 2. The van der Waals surface area contributed by atoms with Crippen LogP contribution in [0.1, 0.15) is 33.6 Å². The molecule has 0 radical (unpaired) electrons. The van der Waals surface area contributed by atoms with Crippen LogP contribution in [0.25, 0.3) is 0 Å². The Morgan fingerprint density at radius 1 is 1.08 bits per heavy atom. The molecular formula is C17H17N3O2S2. The smallest absolute Gasteiger partial charge is 0.284 e. The van der Waals surface area contributed by atoms with E-state index in [4.69, 9.17) is 18.0 Å². The second kappa shape index (κ2) is 7.11. The normalized spacial score (nSPS) is 13.0. The standard InChI is InChI=1S/C17H17N3O2S2/c18-14(21)13-11-8-4-5-9-12(11)24-17(13)20-15(22)16(23)19-10-6-2-1-3-7-10/h1-3,6-7H,4-5,8-9H2,(H2,18,21)(H,19,23)(H,20,22). The van der Waals surface area contributed by atoms with E-state index in [-0.39, 0.29) is 4.99 Å². The summed E-state index contributed by atoms with van der Waals surface area (Å²) in [7, 11) is 0. The zero-order valence-corrected chi connectivity index (χ0v) is 14.6. The van der Waals surface area contributed by atoms with Crippen LogP contribution in [0.15, 0.2) is 30.3 Å². The van der Waals surface area contributed by atoms with Crippen LogP contribution in [0.5, 0.6) is 0 Å². The van der Waals surface area contributed by atoms with E-state index in [9.17, 15) is 9.59 Å². The van der Waals surface area contributed by atoms with Gasteiger partial charge >= 0.3 is 0 Å². The Morgan fingerprint density at radius 3 is 2.50 bits per heavy atom. The molecule has 1 aliphatic rings. The summed E-state index contributed by atoms with van der Waals surface area (Å²) in [5, 5.41) is 6.12. The Hall–Kier alpha value is -2.25. The van der Waals surface area contributed by atoms with Crippen molar-refractivity contribution in [3.8, 4) is 0 Å². The van der Waals surface area contributed by atoms with Gasteiger partial charge in [0.25, 0.3) is 11.8 Å². The van der Waals surface area contributed by atoms with Crippen LogP contribution in [0.4, 0.5) is 10.7 Å². The van der Waals surface area contributed by atoms with Crippen LogP contribution in [0.2, 0.25) is 0 Å². The van der Waals surface area contributed by atoms with Gasteiger partial charge in [0.1, 0.15) is 5.00 Å². The Morgan fingerprint density at radius 2 is 1.79 bits per heavy atom. The lowest BCUT2D eigenvalue weighted by molar-refractivity contribution is -0.110. The van der Waals surface area contributed by atoms with Crippen molar-refractivity contribution < 1.29 is 9.59 Å². The number of nitrogens with two attached hydrogens (primary N) is 1. The lowest BCUT2D eigenvalue weighted by atomic mass is 9.95. The molecule has 0 saturated heterocycles. The highest BCUT2D eigenvalue weighted by atomic mass is 32.1. The highest BCUT2D eigenvalue weighted by Crippen LogP contribution is 2.37. The van der Waals surface area contributed by atoms with Gasteiger partial charge in [0.05, 0.1) is 5.56 Å². The molecule has 7 heteroatoms. The first-order chi connectivity index (χ1) is 11.6. The quantitative estimate of drug-likeness (QED) is 0.735. The molecule has 0 bridgehead atoms. The Bertz CT molecular complexity index is 800. The number of amides is 2. The van der Waals surface area contributed by atoms with Crippen LogP contribution in [-0.4, -0.2) is 16.8 Å². The van der Waals surface area contributed by atoms with Crippen molar-refractivity contribution in [1.29, 1.82) is 0 Å². The number of nitrogens with one attached hydrogen (secondary N) is 2. The first-order valence-electron chi connectivity index (χ1n) is 7.68. The number of thiophene rings is 1. The second-order valence-electron chi connectivity index (χ2n) is 5.55. The van der Waals surface area contributed by atoms with E-state index in [1.54, 1.807) is 0 Å². The molecule has 1 aliphatic carbocycles. The van der Waals surface area contributed by atoms with Gasteiger partial charge in [-0.05, 0) is 43.4 Å². The van der Waals surface area contributed by atoms with E-state index in [0.29, 0.717) is 10.6 Å². The van der Waals surface area contributed by atoms with E-state index < -0.39 is 11.8 Å². The Labute approximate surface area is 149 Å². The van der Waals surface area contributed by atoms with Crippen molar-refractivity contribution in [2.75, 3.05) is 10.6 Å². The molecule has 0 saturated carbocycles. The van der Waals surface area contributed by atoms with Crippen LogP contribution in [-0.2, 0) is 17.6 Å². The molecule has 5 nitrogen and oxygen atoms in total. The molecule has 1 aromatic carbocycles. The molecule has 0 atom stereocenters. The largest absolute Gasteiger partial charge is 0.365 e. The number of carbonyl (C=O) groups is 2. The van der Waals surface area contributed by atoms with Crippen molar-refractivity contribution >= 4 is 51.0 Å². The van der Waals surface area contributed by atoms with Gasteiger partial charge < -0.3 is 16.4 Å². The highest BCUT2D eigenvalue weighted by molar-refractivity contribution is 7.82. The van der Waals surface area contributed by atoms with Crippen molar-refractivity contribution in [3.63, 3.8) is 0 Å².